The van der Waals surface area contributed by atoms with Gasteiger partial charge in [0.2, 0.25) is 5.95 Å². The summed E-state index contributed by atoms with van der Waals surface area (Å²) < 4.78 is 6.16. The van der Waals surface area contributed by atoms with Crippen LogP contribution < -0.4 is 5.32 Å². The molecule has 2 N–H and O–H groups in total. The lowest BCUT2D eigenvalue weighted by molar-refractivity contribution is 0.0353. The van der Waals surface area contributed by atoms with Gasteiger partial charge in [-0.25, -0.2) is 20.0 Å². The number of likely N-dealkylation sites (tertiary alicyclic amines) is 1. The van der Waals surface area contributed by atoms with E-state index in [1.165, 1.54) is 0 Å². The van der Waals surface area contributed by atoms with E-state index in [1.807, 2.05) is 37.4 Å². The maximum atomic E-state index is 9.39. The summed E-state index contributed by atoms with van der Waals surface area (Å²) in [6, 6.07) is 8.21. The molecular weight excluding hydrogens is 392 g/mol. The maximum absolute atomic E-state index is 9.39. The van der Waals surface area contributed by atoms with Crippen LogP contribution in [0.5, 0.6) is 0 Å². The Kier molecular flexibility index (Phi) is 6.76. The van der Waals surface area contributed by atoms with Gasteiger partial charge in [-0.3, -0.25) is 0 Å². The SMILES string of the molecule is C=N/C(OC1CC(Nc2ncc3ccccc3n2)C1)=C(\N=CC)N1CCC(CO)CC1. The Morgan fingerprint density at radius 1 is 1.32 bits per heavy atom. The van der Waals surface area contributed by atoms with Crippen LogP contribution in [-0.2, 0) is 4.74 Å². The summed E-state index contributed by atoms with van der Waals surface area (Å²) in [4.78, 5) is 19.8. The number of fused-ring (bicyclic) bond motifs is 1. The fraction of sp³-hybridized carbons (Fsp3) is 0.478. The van der Waals surface area contributed by atoms with Crippen LogP contribution in [0.15, 0.2) is 52.2 Å². The van der Waals surface area contributed by atoms with E-state index in [2.05, 4.69) is 36.9 Å². The summed E-state index contributed by atoms with van der Waals surface area (Å²) >= 11 is 0. The number of hydrogen-bond donors (Lipinski definition) is 2. The van der Waals surface area contributed by atoms with Crippen molar-refractivity contribution in [2.24, 2.45) is 15.9 Å². The number of nitrogens with zero attached hydrogens (tertiary/aromatic N) is 5. The van der Waals surface area contributed by atoms with E-state index in [0.29, 0.717) is 17.7 Å². The summed E-state index contributed by atoms with van der Waals surface area (Å²) in [6.45, 7) is 7.49. The monoisotopic (exact) mass is 422 g/mol. The van der Waals surface area contributed by atoms with E-state index >= 15 is 0 Å². The summed E-state index contributed by atoms with van der Waals surface area (Å²) in [5.74, 6) is 2.21. The molecule has 1 saturated carbocycles. The van der Waals surface area contributed by atoms with Crippen molar-refractivity contribution in [1.29, 1.82) is 0 Å². The molecule has 1 aliphatic heterocycles. The molecule has 2 aromatic rings. The van der Waals surface area contributed by atoms with Gasteiger partial charge in [-0.05, 0) is 38.5 Å². The lowest BCUT2D eigenvalue weighted by Gasteiger charge is -2.37. The molecule has 1 saturated heterocycles. The Morgan fingerprint density at radius 2 is 2.10 bits per heavy atom. The number of rotatable bonds is 8. The lowest BCUT2D eigenvalue weighted by atomic mass is 9.89. The van der Waals surface area contributed by atoms with Gasteiger partial charge in [0.05, 0.1) is 5.52 Å². The molecule has 1 aliphatic carbocycles. The van der Waals surface area contributed by atoms with Gasteiger partial charge in [-0.1, -0.05) is 18.2 Å². The zero-order valence-corrected chi connectivity index (χ0v) is 17.9. The minimum absolute atomic E-state index is 0.0514. The van der Waals surface area contributed by atoms with Crippen molar-refractivity contribution in [3.63, 3.8) is 0 Å². The minimum atomic E-state index is 0.0514. The fourth-order valence-corrected chi connectivity index (χ4v) is 4.04. The van der Waals surface area contributed by atoms with Crippen LogP contribution in [0.25, 0.3) is 10.9 Å². The predicted molar refractivity (Wildman–Crippen MR) is 123 cm³/mol. The highest BCUT2D eigenvalue weighted by Crippen LogP contribution is 2.31. The first-order valence-electron chi connectivity index (χ1n) is 10.9. The van der Waals surface area contributed by atoms with Crippen LogP contribution in [0.2, 0.25) is 0 Å². The molecule has 0 unspecified atom stereocenters. The molecule has 8 heteroatoms. The Morgan fingerprint density at radius 3 is 2.81 bits per heavy atom. The van der Waals surface area contributed by atoms with Crippen LogP contribution in [0, 0.1) is 5.92 Å². The second kappa shape index (κ2) is 9.87. The first-order valence-corrected chi connectivity index (χ1v) is 10.9. The van der Waals surface area contributed by atoms with Crippen LogP contribution in [0.3, 0.4) is 0 Å². The number of piperidine rings is 1. The molecule has 4 rings (SSSR count). The molecule has 164 valence electrons. The number of nitrogens with one attached hydrogen (secondary N) is 1. The number of aliphatic imine (C=N–C) groups is 2. The van der Waals surface area contributed by atoms with E-state index in [4.69, 9.17) is 4.74 Å². The van der Waals surface area contributed by atoms with E-state index < -0.39 is 0 Å². The summed E-state index contributed by atoms with van der Waals surface area (Å²) in [5.41, 5.74) is 0.931. The normalized spacial score (nSPS) is 22.8. The molecule has 2 fully saturated rings. The van der Waals surface area contributed by atoms with Crippen molar-refractivity contribution in [2.75, 3.05) is 25.0 Å². The van der Waals surface area contributed by atoms with Gasteiger partial charge in [-0.15, -0.1) is 0 Å². The zero-order chi connectivity index (χ0) is 21.6. The van der Waals surface area contributed by atoms with Gasteiger partial charge in [0.1, 0.15) is 6.10 Å². The van der Waals surface area contributed by atoms with Crippen LogP contribution in [-0.4, -0.2) is 64.7 Å². The number of benzene rings is 1. The average Bonchev–Trinajstić information content (AvgIpc) is 2.79. The summed E-state index contributed by atoms with van der Waals surface area (Å²) in [5, 5.41) is 13.8. The molecule has 0 amide bonds. The quantitative estimate of drug-likeness (QED) is 0.501. The molecule has 0 bridgehead atoms. The van der Waals surface area contributed by atoms with Crippen molar-refractivity contribution < 1.29 is 9.84 Å². The van der Waals surface area contributed by atoms with E-state index in [9.17, 15) is 5.11 Å². The van der Waals surface area contributed by atoms with E-state index in [0.717, 1.165) is 55.5 Å². The number of anilines is 1. The van der Waals surface area contributed by atoms with Gasteiger partial charge >= 0.3 is 0 Å². The smallest absolute Gasteiger partial charge is 0.257 e. The van der Waals surface area contributed by atoms with Gasteiger partial charge in [0, 0.05) is 56.4 Å². The van der Waals surface area contributed by atoms with Crippen LogP contribution in [0.1, 0.15) is 32.6 Å². The highest BCUT2D eigenvalue weighted by Gasteiger charge is 2.33. The molecule has 0 radical (unpaired) electrons. The molecule has 31 heavy (non-hydrogen) atoms. The standard InChI is InChI=1S/C23H30N6O2/c1-3-25-21(29-10-8-16(15-30)9-11-29)22(24-2)31-19-12-18(13-19)27-23-26-14-17-6-4-5-7-20(17)28-23/h3-7,14,16,18-19,30H,2,8-13,15H2,1H3,(H,26,27,28)/b22-21-,25-3?. The molecule has 0 atom stereocenters. The number of para-hydroxylation sites is 1. The highest BCUT2D eigenvalue weighted by atomic mass is 16.5. The third kappa shape index (κ3) is 5.02. The van der Waals surface area contributed by atoms with Crippen molar-refractivity contribution in [2.45, 2.75) is 44.8 Å². The zero-order valence-electron chi connectivity index (χ0n) is 17.9. The largest absolute Gasteiger partial charge is 0.472 e. The van der Waals surface area contributed by atoms with Crippen molar-refractivity contribution >= 4 is 29.8 Å². The number of aromatic nitrogens is 2. The lowest BCUT2D eigenvalue weighted by Crippen LogP contribution is -2.41. The van der Waals surface area contributed by atoms with E-state index in [1.54, 1.807) is 6.21 Å². The van der Waals surface area contributed by atoms with Crippen molar-refractivity contribution in [3.05, 3.63) is 42.2 Å². The molecule has 1 aromatic heterocycles. The number of hydrogen-bond acceptors (Lipinski definition) is 8. The number of aliphatic hydroxyl groups is 1. The van der Waals surface area contributed by atoms with Gasteiger partial charge in [0.25, 0.3) is 5.88 Å². The molecule has 0 spiro atoms. The summed E-state index contributed by atoms with van der Waals surface area (Å²) in [6.07, 6.45) is 7.19. The minimum Gasteiger partial charge on any atom is -0.472 e. The first kappa shape index (κ1) is 21.2. The number of aliphatic hydroxyl groups excluding tert-OH is 1. The van der Waals surface area contributed by atoms with Crippen LogP contribution in [0.4, 0.5) is 5.95 Å². The first-order chi connectivity index (χ1) is 15.2. The second-order valence-electron chi connectivity index (χ2n) is 8.09. The highest BCUT2D eigenvalue weighted by molar-refractivity contribution is 5.78. The Bertz CT molecular complexity index is 961. The molecule has 2 aliphatic rings. The predicted octanol–water partition coefficient (Wildman–Crippen LogP) is 3.21. The third-order valence-corrected chi connectivity index (χ3v) is 5.95. The van der Waals surface area contributed by atoms with E-state index in [-0.39, 0.29) is 18.8 Å². The number of ether oxygens (including phenoxy) is 1. The molecule has 1 aromatic carbocycles. The molecular formula is C23H30N6O2. The van der Waals surface area contributed by atoms with Gasteiger partial charge in [0.15, 0.2) is 5.82 Å². The van der Waals surface area contributed by atoms with Crippen molar-refractivity contribution in [1.82, 2.24) is 14.9 Å². The summed E-state index contributed by atoms with van der Waals surface area (Å²) in [7, 11) is 0. The fourth-order valence-electron chi connectivity index (χ4n) is 4.04. The topological polar surface area (TPSA) is 95.2 Å². The molecule has 2 heterocycles. The molecule has 8 nitrogen and oxygen atoms in total. The maximum Gasteiger partial charge on any atom is 0.257 e. The second-order valence-corrected chi connectivity index (χ2v) is 8.09. The Labute approximate surface area is 182 Å². The van der Waals surface area contributed by atoms with Crippen molar-refractivity contribution in [3.8, 4) is 0 Å². The Hall–Kier alpha value is -3.00. The Balaban J connectivity index is 1.35. The third-order valence-electron chi connectivity index (χ3n) is 5.95. The van der Waals surface area contributed by atoms with Gasteiger partial charge < -0.3 is 20.1 Å². The van der Waals surface area contributed by atoms with Gasteiger partial charge in [-0.2, -0.15) is 0 Å². The average molecular weight is 423 g/mol. The van der Waals surface area contributed by atoms with Crippen LogP contribution >= 0.6 is 0 Å².